The topological polar surface area (TPSA) is 39.2 Å². The van der Waals surface area contributed by atoms with Gasteiger partial charge in [-0.25, -0.2) is 9.78 Å². The van der Waals surface area contributed by atoms with Crippen LogP contribution in [0.3, 0.4) is 0 Å². The average molecular weight is 295 g/mol. The van der Waals surface area contributed by atoms with Gasteiger partial charge in [-0.05, 0) is 37.9 Å². The van der Waals surface area contributed by atoms with Gasteiger partial charge in [0.05, 0.1) is 12.7 Å². The van der Waals surface area contributed by atoms with E-state index in [4.69, 9.17) is 0 Å². The lowest BCUT2D eigenvalue weighted by atomic mass is 10.3. The highest BCUT2D eigenvalue weighted by Crippen LogP contribution is 2.18. The minimum atomic E-state index is -0.407. The summed E-state index contributed by atoms with van der Waals surface area (Å²) in [6.07, 6.45) is 1.59. The highest BCUT2D eigenvalue weighted by atomic mass is 79.9. The third kappa shape index (κ3) is 2.04. The molecule has 64 valence electrons. The summed E-state index contributed by atoms with van der Waals surface area (Å²) >= 11 is 6.34. The quantitative estimate of drug-likeness (QED) is 0.590. The van der Waals surface area contributed by atoms with Crippen LogP contribution in [0.4, 0.5) is 0 Å². The summed E-state index contributed by atoms with van der Waals surface area (Å²) in [5.74, 6) is -0.407. The van der Waals surface area contributed by atoms with E-state index in [1.165, 1.54) is 7.11 Å². The number of ether oxygens (including phenoxy) is 1. The van der Waals surface area contributed by atoms with Crippen molar-refractivity contribution in [3.8, 4) is 0 Å². The molecule has 0 amide bonds. The predicted octanol–water partition coefficient (Wildman–Crippen LogP) is 2.39. The SMILES string of the molecule is COC(=O)c1cc(Br)cnc1Br. The van der Waals surface area contributed by atoms with E-state index in [0.717, 1.165) is 4.47 Å². The van der Waals surface area contributed by atoms with Gasteiger partial charge in [-0.15, -0.1) is 0 Å². The van der Waals surface area contributed by atoms with E-state index >= 15 is 0 Å². The van der Waals surface area contributed by atoms with Gasteiger partial charge in [-0.3, -0.25) is 0 Å². The van der Waals surface area contributed by atoms with Gasteiger partial charge in [0.15, 0.2) is 0 Å². The fourth-order valence-corrected chi connectivity index (χ4v) is 1.39. The van der Waals surface area contributed by atoms with Crippen LogP contribution in [0.2, 0.25) is 0 Å². The Balaban J connectivity index is 3.13. The number of halogens is 2. The molecule has 0 N–H and O–H groups in total. The van der Waals surface area contributed by atoms with Crippen LogP contribution in [0.15, 0.2) is 21.3 Å². The second kappa shape index (κ2) is 4.00. The number of carbonyl (C=O) groups excluding carboxylic acids is 1. The van der Waals surface area contributed by atoms with Crippen molar-refractivity contribution < 1.29 is 9.53 Å². The molecule has 0 aliphatic heterocycles. The summed E-state index contributed by atoms with van der Waals surface area (Å²) in [5.41, 5.74) is 0.409. The van der Waals surface area contributed by atoms with E-state index in [9.17, 15) is 4.79 Å². The molecule has 0 saturated carbocycles. The molecule has 0 aliphatic rings. The molecule has 0 bridgehead atoms. The largest absolute Gasteiger partial charge is 0.465 e. The maximum Gasteiger partial charge on any atom is 0.340 e. The monoisotopic (exact) mass is 293 g/mol. The molecule has 5 heteroatoms. The van der Waals surface area contributed by atoms with Gasteiger partial charge in [-0.2, -0.15) is 0 Å². The minimum Gasteiger partial charge on any atom is -0.465 e. The van der Waals surface area contributed by atoms with E-state index in [0.29, 0.717) is 10.2 Å². The van der Waals surface area contributed by atoms with Gasteiger partial charge in [0.2, 0.25) is 0 Å². The number of methoxy groups -OCH3 is 1. The lowest BCUT2D eigenvalue weighted by molar-refractivity contribution is 0.0599. The Hall–Kier alpha value is -0.420. The van der Waals surface area contributed by atoms with Crippen LogP contribution in [0.25, 0.3) is 0 Å². The molecule has 0 aliphatic carbocycles. The van der Waals surface area contributed by atoms with Crippen molar-refractivity contribution in [1.29, 1.82) is 0 Å². The van der Waals surface area contributed by atoms with Crippen molar-refractivity contribution in [3.05, 3.63) is 26.9 Å². The first kappa shape index (κ1) is 9.67. The number of nitrogens with zero attached hydrogens (tertiary/aromatic N) is 1. The second-order valence-corrected chi connectivity index (χ2v) is 3.65. The van der Waals surface area contributed by atoms with E-state index in [1.54, 1.807) is 12.3 Å². The maximum atomic E-state index is 11.1. The average Bonchev–Trinajstić information content (AvgIpc) is 2.08. The molecular weight excluding hydrogens is 290 g/mol. The van der Waals surface area contributed by atoms with Crippen LogP contribution in [0.1, 0.15) is 10.4 Å². The van der Waals surface area contributed by atoms with Crippen LogP contribution in [-0.4, -0.2) is 18.1 Å². The third-order valence-electron chi connectivity index (χ3n) is 1.21. The molecule has 0 unspecified atom stereocenters. The van der Waals surface area contributed by atoms with Crippen molar-refractivity contribution in [1.82, 2.24) is 4.98 Å². The van der Waals surface area contributed by atoms with E-state index in [-0.39, 0.29) is 0 Å². The normalized spacial score (nSPS) is 9.58. The molecule has 12 heavy (non-hydrogen) atoms. The highest BCUT2D eigenvalue weighted by molar-refractivity contribution is 9.11. The molecular formula is C7H5Br2NO2. The molecule has 0 saturated heterocycles. The van der Waals surface area contributed by atoms with Crippen LogP contribution >= 0.6 is 31.9 Å². The molecule has 0 spiro atoms. The van der Waals surface area contributed by atoms with Crippen LogP contribution in [0.5, 0.6) is 0 Å². The Kier molecular flexibility index (Phi) is 3.22. The summed E-state index contributed by atoms with van der Waals surface area (Å²) in [4.78, 5) is 15.0. The van der Waals surface area contributed by atoms with Gasteiger partial charge >= 0.3 is 5.97 Å². The Bertz CT molecular complexity index is 314. The number of rotatable bonds is 1. The fraction of sp³-hybridized carbons (Fsp3) is 0.143. The Morgan fingerprint density at radius 2 is 2.25 bits per heavy atom. The maximum absolute atomic E-state index is 11.1. The molecule has 0 radical (unpaired) electrons. The third-order valence-corrected chi connectivity index (χ3v) is 2.28. The van der Waals surface area contributed by atoms with Crippen molar-refractivity contribution in [3.63, 3.8) is 0 Å². The molecule has 1 aromatic rings. The Morgan fingerprint density at radius 3 is 2.83 bits per heavy atom. The second-order valence-electron chi connectivity index (χ2n) is 1.98. The van der Waals surface area contributed by atoms with Crippen molar-refractivity contribution >= 4 is 37.8 Å². The summed E-state index contributed by atoms with van der Waals surface area (Å²) in [7, 11) is 1.33. The number of esters is 1. The van der Waals surface area contributed by atoms with Crippen molar-refractivity contribution in [2.24, 2.45) is 0 Å². The lowest BCUT2D eigenvalue weighted by Gasteiger charge is -2.00. The van der Waals surface area contributed by atoms with Crippen LogP contribution in [0, 0.1) is 0 Å². The fourth-order valence-electron chi connectivity index (χ4n) is 0.676. The highest BCUT2D eigenvalue weighted by Gasteiger charge is 2.10. The first-order valence-corrected chi connectivity index (χ1v) is 4.63. The van der Waals surface area contributed by atoms with Crippen molar-refractivity contribution in [2.75, 3.05) is 7.11 Å². The van der Waals surface area contributed by atoms with Crippen LogP contribution in [-0.2, 0) is 4.74 Å². The Morgan fingerprint density at radius 1 is 1.58 bits per heavy atom. The van der Waals surface area contributed by atoms with Gasteiger partial charge in [0.1, 0.15) is 4.60 Å². The van der Waals surface area contributed by atoms with E-state index in [1.807, 2.05) is 0 Å². The summed E-state index contributed by atoms with van der Waals surface area (Å²) in [6, 6.07) is 1.64. The molecule has 0 aromatic carbocycles. The van der Waals surface area contributed by atoms with Gasteiger partial charge in [-0.1, -0.05) is 0 Å². The number of carbonyl (C=O) groups is 1. The molecule has 1 heterocycles. The molecule has 3 nitrogen and oxygen atoms in total. The molecule has 0 fully saturated rings. The summed E-state index contributed by atoms with van der Waals surface area (Å²) in [5, 5.41) is 0. The van der Waals surface area contributed by atoms with Crippen LogP contribution < -0.4 is 0 Å². The standard InChI is InChI=1S/C7H5Br2NO2/c1-12-7(11)5-2-4(8)3-10-6(5)9/h2-3H,1H3. The van der Waals surface area contributed by atoms with Gasteiger partial charge in [0, 0.05) is 10.7 Å². The first-order chi connectivity index (χ1) is 5.65. The number of hydrogen-bond acceptors (Lipinski definition) is 3. The number of hydrogen-bond donors (Lipinski definition) is 0. The number of pyridine rings is 1. The minimum absolute atomic E-state index is 0.407. The first-order valence-electron chi connectivity index (χ1n) is 3.04. The zero-order valence-electron chi connectivity index (χ0n) is 6.17. The Labute approximate surface area is 86.4 Å². The van der Waals surface area contributed by atoms with E-state index < -0.39 is 5.97 Å². The number of aromatic nitrogens is 1. The van der Waals surface area contributed by atoms with Gasteiger partial charge in [0.25, 0.3) is 0 Å². The van der Waals surface area contributed by atoms with Gasteiger partial charge < -0.3 is 4.74 Å². The zero-order valence-corrected chi connectivity index (χ0v) is 9.35. The summed E-state index contributed by atoms with van der Waals surface area (Å²) < 4.78 is 5.77. The van der Waals surface area contributed by atoms with Crippen molar-refractivity contribution in [2.45, 2.75) is 0 Å². The zero-order chi connectivity index (χ0) is 9.14. The smallest absolute Gasteiger partial charge is 0.340 e. The lowest BCUT2D eigenvalue weighted by Crippen LogP contribution is -2.03. The summed E-state index contributed by atoms with van der Waals surface area (Å²) in [6.45, 7) is 0. The molecule has 1 aromatic heterocycles. The molecule has 0 atom stereocenters. The predicted molar refractivity (Wildman–Crippen MR) is 51.0 cm³/mol. The van der Waals surface area contributed by atoms with E-state index in [2.05, 4.69) is 41.6 Å². The molecule has 1 rings (SSSR count).